The lowest BCUT2D eigenvalue weighted by Gasteiger charge is -2.03. The zero-order chi connectivity index (χ0) is 13.8. The molecule has 19 heavy (non-hydrogen) atoms. The van der Waals surface area contributed by atoms with Crippen LogP contribution in [0.2, 0.25) is 0 Å². The van der Waals surface area contributed by atoms with E-state index < -0.39 is 0 Å². The Morgan fingerprint density at radius 3 is 2.63 bits per heavy atom. The molecule has 5 heteroatoms. The first-order chi connectivity index (χ1) is 9.08. The lowest BCUT2D eigenvalue weighted by molar-refractivity contribution is 0.629. The van der Waals surface area contributed by atoms with Crippen molar-refractivity contribution in [2.75, 3.05) is 7.05 Å². The van der Waals surface area contributed by atoms with Crippen LogP contribution in [0.4, 0.5) is 0 Å². The molecule has 0 atom stereocenters. The predicted octanol–water partition coefficient (Wildman–Crippen LogP) is 3.42. The Morgan fingerprint density at radius 1 is 1.26 bits per heavy atom. The summed E-state index contributed by atoms with van der Waals surface area (Å²) in [5.74, 6) is 0.646. The van der Waals surface area contributed by atoms with Gasteiger partial charge in [0.2, 0.25) is 0 Å². The van der Waals surface area contributed by atoms with Crippen LogP contribution in [-0.2, 0) is 19.4 Å². The first kappa shape index (κ1) is 14.6. The van der Waals surface area contributed by atoms with E-state index in [0.717, 1.165) is 25.1 Å². The largest absolute Gasteiger partial charge is 0.315 e. The number of thiazole rings is 2. The Balaban J connectivity index is 2.16. The minimum absolute atomic E-state index is 0.646. The van der Waals surface area contributed by atoms with Crippen LogP contribution in [0.1, 0.15) is 40.1 Å². The van der Waals surface area contributed by atoms with E-state index in [0.29, 0.717) is 5.92 Å². The molecule has 0 amide bonds. The Labute approximate surface area is 123 Å². The Morgan fingerprint density at radius 2 is 2.05 bits per heavy atom. The van der Waals surface area contributed by atoms with Gasteiger partial charge in [0.25, 0.3) is 0 Å². The predicted molar refractivity (Wildman–Crippen MR) is 83.1 cm³/mol. The topological polar surface area (TPSA) is 37.8 Å². The quantitative estimate of drug-likeness (QED) is 0.887. The molecule has 0 aliphatic heterocycles. The molecule has 1 N–H and O–H groups in total. The van der Waals surface area contributed by atoms with E-state index in [1.54, 1.807) is 11.3 Å². The summed E-state index contributed by atoms with van der Waals surface area (Å²) in [7, 11) is 1.99. The minimum atomic E-state index is 0.646. The van der Waals surface area contributed by atoms with Crippen molar-refractivity contribution in [3.63, 3.8) is 0 Å². The summed E-state index contributed by atoms with van der Waals surface area (Å²) in [6.07, 6.45) is 1.93. The zero-order valence-corrected chi connectivity index (χ0v) is 13.6. The molecule has 0 aliphatic carbocycles. The summed E-state index contributed by atoms with van der Waals surface area (Å²) in [6, 6.07) is 0. The van der Waals surface area contributed by atoms with Crippen LogP contribution in [0, 0.1) is 12.8 Å². The molecular weight excluding hydrogens is 274 g/mol. The molecule has 2 aromatic heterocycles. The van der Waals surface area contributed by atoms with E-state index in [-0.39, 0.29) is 0 Å². The average molecular weight is 295 g/mol. The molecule has 0 saturated carbocycles. The van der Waals surface area contributed by atoms with Gasteiger partial charge < -0.3 is 5.32 Å². The number of aryl methyl sites for hydroxylation is 1. The molecule has 0 aromatic carbocycles. The smallest absolute Gasteiger partial charge is 0.0999 e. The lowest BCUT2D eigenvalue weighted by atomic mass is 10.1. The summed E-state index contributed by atoms with van der Waals surface area (Å²) >= 11 is 3.55. The highest BCUT2D eigenvalue weighted by molar-refractivity contribution is 7.12. The molecule has 0 unspecified atom stereocenters. The van der Waals surface area contributed by atoms with Crippen LogP contribution in [0.15, 0.2) is 5.38 Å². The Hall–Kier alpha value is -0.780. The molecule has 0 bridgehead atoms. The van der Waals surface area contributed by atoms with Crippen molar-refractivity contribution >= 4 is 22.7 Å². The molecule has 3 nitrogen and oxygen atoms in total. The van der Waals surface area contributed by atoms with Gasteiger partial charge in [0.15, 0.2) is 0 Å². The second-order valence-corrected chi connectivity index (χ2v) is 7.28. The van der Waals surface area contributed by atoms with Crippen molar-refractivity contribution in [2.24, 2.45) is 5.92 Å². The van der Waals surface area contributed by atoms with Gasteiger partial charge in [-0.15, -0.1) is 22.7 Å². The van der Waals surface area contributed by atoms with Gasteiger partial charge in [-0.3, -0.25) is 0 Å². The number of nitrogens with zero attached hydrogens (tertiary/aromatic N) is 2. The number of nitrogens with one attached hydrogen (secondary N) is 1. The molecule has 0 spiro atoms. The summed E-state index contributed by atoms with van der Waals surface area (Å²) in [4.78, 5) is 10.7. The highest BCUT2D eigenvalue weighted by Gasteiger charge is 2.13. The minimum Gasteiger partial charge on any atom is -0.315 e. The molecular formula is C14H21N3S2. The highest BCUT2D eigenvalue weighted by Crippen LogP contribution is 2.24. The number of hydrogen-bond acceptors (Lipinski definition) is 5. The maximum absolute atomic E-state index is 4.82. The molecule has 0 saturated heterocycles. The van der Waals surface area contributed by atoms with E-state index in [2.05, 4.69) is 29.5 Å². The first-order valence-corrected chi connectivity index (χ1v) is 8.31. The number of rotatable bonds is 6. The van der Waals surface area contributed by atoms with Gasteiger partial charge >= 0.3 is 0 Å². The van der Waals surface area contributed by atoms with Gasteiger partial charge in [-0.1, -0.05) is 13.8 Å². The Kier molecular flexibility index (Phi) is 5.07. The van der Waals surface area contributed by atoms with E-state index >= 15 is 0 Å². The molecule has 0 radical (unpaired) electrons. The van der Waals surface area contributed by atoms with Gasteiger partial charge in [-0.2, -0.15) is 0 Å². The molecule has 0 fully saturated rings. The van der Waals surface area contributed by atoms with Crippen LogP contribution in [-0.4, -0.2) is 17.0 Å². The molecule has 2 aromatic rings. The third-order valence-corrected chi connectivity index (χ3v) is 4.79. The van der Waals surface area contributed by atoms with Gasteiger partial charge in [0, 0.05) is 22.5 Å². The van der Waals surface area contributed by atoms with Crippen LogP contribution in [0.25, 0.3) is 0 Å². The number of aromatic nitrogens is 2. The molecule has 2 rings (SSSR count). The molecule has 0 aliphatic rings. The van der Waals surface area contributed by atoms with Crippen molar-refractivity contribution in [3.05, 3.63) is 31.7 Å². The number of hydrogen-bond donors (Lipinski definition) is 1. The zero-order valence-electron chi connectivity index (χ0n) is 12.0. The third kappa shape index (κ3) is 4.09. The van der Waals surface area contributed by atoms with E-state index in [1.807, 2.05) is 25.3 Å². The van der Waals surface area contributed by atoms with Gasteiger partial charge in [0.05, 0.1) is 22.1 Å². The second-order valence-electron chi connectivity index (χ2n) is 5.17. The third-order valence-electron chi connectivity index (χ3n) is 2.73. The highest BCUT2D eigenvalue weighted by atomic mass is 32.1. The molecule has 104 valence electrons. The van der Waals surface area contributed by atoms with Gasteiger partial charge in [0.1, 0.15) is 0 Å². The van der Waals surface area contributed by atoms with Crippen LogP contribution < -0.4 is 5.32 Å². The van der Waals surface area contributed by atoms with Crippen molar-refractivity contribution in [1.82, 2.24) is 15.3 Å². The fourth-order valence-electron chi connectivity index (χ4n) is 1.97. The van der Waals surface area contributed by atoms with Crippen molar-refractivity contribution < 1.29 is 0 Å². The fraction of sp³-hybridized carbons (Fsp3) is 0.571. The summed E-state index contributed by atoms with van der Waals surface area (Å²) in [5.41, 5.74) is 2.37. The van der Waals surface area contributed by atoms with Crippen molar-refractivity contribution in [2.45, 2.75) is 40.2 Å². The maximum atomic E-state index is 4.82. The van der Waals surface area contributed by atoms with E-state index in [4.69, 9.17) is 4.98 Å². The normalized spacial score (nSPS) is 11.4. The van der Waals surface area contributed by atoms with Gasteiger partial charge in [-0.05, 0) is 26.3 Å². The standard InChI is InChI=1S/C14H21N3S2/c1-9(2)5-11-12(7-15-4)19-14(17-11)6-13-16-10(3)8-18-13/h8-9,15H,5-7H2,1-4H3. The first-order valence-electron chi connectivity index (χ1n) is 6.61. The van der Waals surface area contributed by atoms with Gasteiger partial charge in [-0.25, -0.2) is 9.97 Å². The van der Waals surface area contributed by atoms with E-state index in [9.17, 15) is 0 Å². The van der Waals surface area contributed by atoms with Crippen LogP contribution in [0.3, 0.4) is 0 Å². The average Bonchev–Trinajstić information content (AvgIpc) is 2.87. The van der Waals surface area contributed by atoms with Crippen LogP contribution in [0.5, 0.6) is 0 Å². The second kappa shape index (κ2) is 6.59. The Bertz CT molecular complexity index is 529. The van der Waals surface area contributed by atoms with Crippen molar-refractivity contribution in [3.8, 4) is 0 Å². The van der Waals surface area contributed by atoms with Crippen molar-refractivity contribution in [1.29, 1.82) is 0 Å². The summed E-state index contributed by atoms with van der Waals surface area (Å²) in [6.45, 7) is 7.44. The maximum Gasteiger partial charge on any atom is 0.0999 e. The summed E-state index contributed by atoms with van der Waals surface area (Å²) < 4.78 is 0. The summed E-state index contributed by atoms with van der Waals surface area (Å²) in [5, 5.41) is 7.70. The fourth-order valence-corrected chi connectivity index (χ4v) is 3.95. The van der Waals surface area contributed by atoms with E-state index in [1.165, 1.54) is 20.6 Å². The molecule has 2 heterocycles. The lowest BCUT2D eigenvalue weighted by Crippen LogP contribution is -2.07. The monoisotopic (exact) mass is 295 g/mol. The van der Waals surface area contributed by atoms with Crippen LogP contribution >= 0.6 is 22.7 Å². The SMILES string of the molecule is CNCc1sc(Cc2nc(C)cs2)nc1CC(C)C.